The second-order valence-electron chi connectivity index (χ2n) is 5.36. The van der Waals surface area contributed by atoms with Gasteiger partial charge in [0.05, 0.1) is 4.92 Å². The molecule has 0 unspecified atom stereocenters. The molecule has 0 atom stereocenters. The Morgan fingerprint density at radius 2 is 1.36 bits per heavy atom. The van der Waals surface area contributed by atoms with Crippen LogP contribution in [0.4, 0.5) is 8.78 Å². The number of hydrogen-bond acceptors (Lipinski definition) is 4. The summed E-state index contributed by atoms with van der Waals surface area (Å²) in [5, 5.41) is 16.5. The molecule has 0 aliphatic carbocycles. The standard InChI is InChI=1S/C18H19F2N3O2/c19-16-7-3-1-5-14(16)9-11-21-18(13-23(24)25)22-12-10-15-6-2-4-8-17(15)20/h1-8,13,21-22H,9-12H2. The lowest BCUT2D eigenvalue weighted by molar-refractivity contribution is -0.404. The van der Waals surface area contributed by atoms with Crippen LogP contribution in [0.2, 0.25) is 0 Å². The highest BCUT2D eigenvalue weighted by molar-refractivity contribution is 5.18. The van der Waals surface area contributed by atoms with E-state index < -0.39 is 4.92 Å². The van der Waals surface area contributed by atoms with Crippen LogP contribution in [0.1, 0.15) is 11.1 Å². The monoisotopic (exact) mass is 347 g/mol. The van der Waals surface area contributed by atoms with Gasteiger partial charge in [0.15, 0.2) is 5.82 Å². The van der Waals surface area contributed by atoms with E-state index >= 15 is 0 Å². The number of halogens is 2. The quantitative estimate of drug-likeness (QED) is 0.541. The van der Waals surface area contributed by atoms with E-state index in [-0.39, 0.29) is 17.5 Å². The molecule has 0 aliphatic rings. The Bertz CT molecular complexity index is 697. The lowest BCUT2D eigenvalue weighted by Gasteiger charge is -2.12. The number of hydrogen-bond donors (Lipinski definition) is 2. The topological polar surface area (TPSA) is 67.2 Å². The molecule has 0 saturated carbocycles. The van der Waals surface area contributed by atoms with Gasteiger partial charge in [0, 0.05) is 13.1 Å². The van der Waals surface area contributed by atoms with E-state index in [1.807, 2.05) is 0 Å². The maximum absolute atomic E-state index is 13.6. The van der Waals surface area contributed by atoms with Crippen molar-refractivity contribution in [2.75, 3.05) is 13.1 Å². The van der Waals surface area contributed by atoms with Gasteiger partial charge in [-0.25, -0.2) is 8.78 Å². The Labute approximate surface area is 144 Å². The summed E-state index contributed by atoms with van der Waals surface area (Å²) in [4.78, 5) is 10.1. The molecular formula is C18H19F2N3O2. The normalized spacial score (nSPS) is 10.2. The number of nitro groups is 1. The maximum atomic E-state index is 13.6. The van der Waals surface area contributed by atoms with Gasteiger partial charge >= 0.3 is 0 Å². The number of nitrogens with one attached hydrogen (secondary N) is 2. The van der Waals surface area contributed by atoms with Crippen LogP contribution in [0.25, 0.3) is 0 Å². The Kier molecular flexibility index (Phi) is 6.88. The van der Waals surface area contributed by atoms with Crippen molar-refractivity contribution in [2.45, 2.75) is 12.8 Å². The van der Waals surface area contributed by atoms with Crippen LogP contribution in [0, 0.1) is 21.7 Å². The third-order valence-corrected chi connectivity index (χ3v) is 3.57. The minimum absolute atomic E-state index is 0.206. The molecule has 0 spiro atoms. The second kappa shape index (κ2) is 9.36. The summed E-state index contributed by atoms with van der Waals surface area (Å²) in [6.45, 7) is 0.653. The minimum Gasteiger partial charge on any atom is -0.366 e. The zero-order chi connectivity index (χ0) is 18.1. The fourth-order valence-electron chi connectivity index (χ4n) is 2.33. The van der Waals surface area contributed by atoms with Crippen LogP contribution in [0.5, 0.6) is 0 Å². The molecule has 0 aliphatic heterocycles. The second-order valence-corrected chi connectivity index (χ2v) is 5.36. The average Bonchev–Trinajstić information content (AvgIpc) is 2.57. The molecule has 0 fully saturated rings. The molecule has 0 heterocycles. The van der Waals surface area contributed by atoms with Crippen LogP contribution in [0.3, 0.4) is 0 Å². The number of nitrogens with zero attached hydrogens (tertiary/aromatic N) is 1. The summed E-state index contributed by atoms with van der Waals surface area (Å²) in [6.07, 6.45) is 1.58. The summed E-state index contributed by atoms with van der Waals surface area (Å²) >= 11 is 0. The summed E-state index contributed by atoms with van der Waals surface area (Å²) in [6, 6.07) is 12.8. The van der Waals surface area contributed by atoms with E-state index in [2.05, 4.69) is 10.6 Å². The largest absolute Gasteiger partial charge is 0.366 e. The Morgan fingerprint density at radius 1 is 0.920 bits per heavy atom. The van der Waals surface area contributed by atoms with E-state index in [4.69, 9.17) is 0 Å². The highest BCUT2D eigenvalue weighted by atomic mass is 19.1. The molecule has 0 bridgehead atoms. The van der Waals surface area contributed by atoms with Crippen molar-refractivity contribution in [1.29, 1.82) is 0 Å². The highest BCUT2D eigenvalue weighted by Crippen LogP contribution is 2.07. The number of benzene rings is 2. The Balaban J connectivity index is 1.85. The summed E-state index contributed by atoms with van der Waals surface area (Å²) in [7, 11) is 0. The summed E-state index contributed by atoms with van der Waals surface area (Å²) < 4.78 is 27.1. The van der Waals surface area contributed by atoms with Gasteiger partial charge in [-0.15, -0.1) is 0 Å². The Hall–Kier alpha value is -2.96. The van der Waals surface area contributed by atoms with Crippen molar-refractivity contribution in [3.8, 4) is 0 Å². The zero-order valence-electron chi connectivity index (χ0n) is 13.5. The third-order valence-electron chi connectivity index (χ3n) is 3.57. The molecular weight excluding hydrogens is 328 g/mol. The van der Waals surface area contributed by atoms with Crippen LogP contribution in [-0.2, 0) is 12.8 Å². The van der Waals surface area contributed by atoms with Crippen molar-refractivity contribution >= 4 is 0 Å². The van der Waals surface area contributed by atoms with Gasteiger partial charge in [-0.1, -0.05) is 36.4 Å². The third kappa shape index (κ3) is 6.21. The zero-order valence-corrected chi connectivity index (χ0v) is 13.5. The van der Waals surface area contributed by atoms with Crippen LogP contribution in [-0.4, -0.2) is 18.0 Å². The van der Waals surface area contributed by atoms with E-state index in [1.165, 1.54) is 12.1 Å². The van der Waals surface area contributed by atoms with Gasteiger partial charge in [0.1, 0.15) is 11.6 Å². The van der Waals surface area contributed by atoms with Crippen molar-refractivity contribution in [1.82, 2.24) is 10.6 Å². The van der Waals surface area contributed by atoms with Gasteiger partial charge in [0.2, 0.25) is 0 Å². The molecule has 2 aromatic rings. The summed E-state index contributed by atoms with van der Waals surface area (Å²) in [5.41, 5.74) is 1.06. The van der Waals surface area contributed by atoms with Crippen LogP contribution >= 0.6 is 0 Å². The molecule has 7 heteroatoms. The van der Waals surface area contributed by atoms with Crippen molar-refractivity contribution in [2.24, 2.45) is 0 Å². The molecule has 0 amide bonds. The van der Waals surface area contributed by atoms with Crippen LogP contribution < -0.4 is 10.6 Å². The van der Waals surface area contributed by atoms with Crippen molar-refractivity contribution in [3.05, 3.63) is 93.4 Å². The number of rotatable bonds is 9. The molecule has 0 aromatic heterocycles. The first-order chi connectivity index (χ1) is 12.1. The predicted molar refractivity (Wildman–Crippen MR) is 91.3 cm³/mol. The fraction of sp³-hybridized carbons (Fsp3) is 0.222. The van der Waals surface area contributed by atoms with E-state index in [0.717, 1.165) is 6.20 Å². The average molecular weight is 347 g/mol. The van der Waals surface area contributed by atoms with Crippen LogP contribution in [0.15, 0.2) is 60.6 Å². The fourth-order valence-corrected chi connectivity index (χ4v) is 2.33. The molecule has 132 valence electrons. The first-order valence-electron chi connectivity index (χ1n) is 7.86. The minimum atomic E-state index is -0.582. The Morgan fingerprint density at radius 3 is 1.76 bits per heavy atom. The maximum Gasteiger partial charge on any atom is 0.274 e. The molecule has 25 heavy (non-hydrogen) atoms. The lowest BCUT2D eigenvalue weighted by atomic mass is 10.1. The molecule has 0 saturated heterocycles. The first-order valence-corrected chi connectivity index (χ1v) is 7.86. The lowest BCUT2D eigenvalue weighted by Crippen LogP contribution is -2.30. The van der Waals surface area contributed by atoms with Crippen molar-refractivity contribution in [3.63, 3.8) is 0 Å². The van der Waals surface area contributed by atoms with Gasteiger partial charge in [-0.05, 0) is 36.1 Å². The smallest absolute Gasteiger partial charge is 0.274 e. The molecule has 2 rings (SSSR count). The molecule has 5 nitrogen and oxygen atoms in total. The SMILES string of the molecule is O=[N+]([O-])C=C(NCCc1ccccc1F)NCCc1ccccc1F. The first kappa shape index (κ1) is 18.4. The van der Waals surface area contributed by atoms with Gasteiger partial charge in [-0.2, -0.15) is 0 Å². The molecule has 0 radical (unpaired) electrons. The van der Waals surface area contributed by atoms with Gasteiger partial charge in [-0.3, -0.25) is 10.1 Å². The highest BCUT2D eigenvalue weighted by Gasteiger charge is 2.06. The van der Waals surface area contributed by atoms with E-state index in [0.29, 0.717) is 37.1 Å². The molecule has 2 aromatic carbocycles. The molecule has 2 N–H and O–H groups in total. The van der Waals surface area contributed by atoms with Gasteiger partial charge < -0.3 is 10.6 Å². The predicted octanol–water partition coefficient (Wildman–Crippen LogP) is 3.00. The van der Waals surface area contributed by atoms with E-state index in [9.17, 15) is 18.9 Å². The van der Waals surface area contributed by atoms with Crippen molar-refractivity contribution < 1.29 is 13.7 Å². The summed E-state index contributed by atoms with van der Waals surface area (Å²) in [5.74, 6) is -0.411. The van der Waals surface area contributed by atoms with Gasteiger partial charge in [0.25, 0.3) is 6.20 Å². The van der Waals surface area contributed by atoms with E-state index in [1.54, 1.807) is 36.4 Å².